The Morgan fingerprint density at radius 2 is 1.92 bits per heavy atom. The van der Waals surface area contributed by atoms with Crippen LogP contribution in [0.15, 0.2) is 36.5 Å². The van der Waals surface area contributed by atoms with Gasteiger partial charge in [-0.25, -0.2) is 9.48 Å². The molecule has 0 saturated carbocycles. The molecule has 0 atom stereocenters. The molecule has 134 valence electrons. The molecule has 0 unspecified atom stereocenters. The van der Waals surface area contributed by atoms with E-state index < -0.39 is 5.97 Å². The molecule has 0 fully saturated rings. The minimum atomic E-state index is -0.872. The summed E-state index contributed by atoms with van der Waals surface area (Å²) in [7, 11) is 0. The van der Waals surface area contributed by atoms with Crippen LogP contribution in [0.4, 0.5) is 10.6 Å². The van der Waals surface area contributed by atoms with Crippen LogP contribution in [0.1, 0.15) is 43.7 Å². The number of aliphatic carboxylic acids is 1. The van der Waals surface area contributed by atoms with E-state index in [1.807, 2.05) is 0 Å². The van der Waals surface area contributed by atoms with Crippen molar-refractivity contribution in [3.05, 3.63) is 47.7 Å². The number of nitrogens with zero attached hydrogens (tertiary/aromatic N) is 2. The van der Waals surface area contributed by atoms with Crippen LogP contribution in [0.3, 0.4) is 0 Å². The first-order valence-electron chi connectivity index (χ1n) is 8.33. The van der Waals surface area contributed by atoms with Crippen molar-refractivity contribution in [1.29, 1.82) is 0 Å². The number of carbonyl (C=O) groups is 2. The Hall–Kier alpha value is -2.83. The molecule has 1 heterocycles. The van der Waals surface area contributed by atoms with Crippen LogP contribution in [0, 0.1) is 0 Å². The molecule has 7 heteroatoms. The maximum absolute atomic E-state index is 11.9. The molecule has 0 radical (unpaired) electrons. The van der Waals surface area contributed by atoms with E-state index >= 15 is 0 Å². The van der Waals surface area contributed by atoms with Crippen molar-refractivity contribution < 1.29 is 14.7 Å². The molecule has 2 amide bonds. The molecular formula is C18H24N4O3. The second kappa shape index (κ2) is 8.86. The summed E-state index contributed by atoms with van der Waals surface area (Å²) in [5.74, 6) is 0.202. The molecule has 7 nitrogen and oxygen atoms in total. The van der Waals surface area contributed by atoms with E-state index in [2.05, 4.69) is 53.8 Å². The number of aromatic nitrogens is 2. The molecule has 2 rings (SSSR count). The fourth-order valence-corrected chi connectivity index (χ4v) is 2.35. The first-order chi connectivity index (χ1) is 12.0. The quantitative estimate of drug-likeness (QED) is 0.641. The minimum absolute atomic E-state index is 0.0323. The predicted molar refractivity (Wildman–Crippen MR) is 95.8 cm³/mol. The molecule has 25 heavy (non-hydrogen) atoms. The molecule has 1 aromatic carbocycles. The molecule has 2 aromatic rings. The van der Waals surface area contributed by atoms with Gasteiger partial charge in [-0.05, 0) is 23.5 Å². The van der Waals surface area contributed by atoms with Crippen molar-refractivity contribution in [3.63, 3.8) is 0 Å². The Morgan fingerprint density at radius 1 is 1.20 bits per heavy atom. The van der Waals surface area contributed by atoms with Crippen molar-refractivity contribution in [2.45, 2.75) is 39.2 Å². The normalized spacial score (nSPS) is 10.7. The molecule has 1 aromatic heterocycles. The third kappa shape index (κ3) is 5.95. The molecule has 3 N–H and O–H groups in total. The molecule has 0 saturated heterocycles. The van der Waals surface area contributed by atoms with E-state index in [-0.39, 0.29) is 12.5 Å². The summed E-state index contributed by atoms with van der Waals surface area (Å²) >= 11 is 0. The summed E-state index contributed by atoms with van der Waals surface area (Å²) < 4.78 is 1.71. The lowest BCUT2D eigenvalue weighted by Crippen LogP contribution is -2.30. The van der Waals surface area contributed by atoms with Crippen LogP contribution in [0.5, 0.6) is 0 Å². The zero-order valence-electron chi connectivity index (χ0n) is 14.5. The van der Waals surface area contributed by atoms with E-state index in [9.17, 15) is 9.59 Å². The first kappa shape index (κ1) is 18.5. The summed E-state index contributed by atoms with van der Waals surface area (Å²) in [6.07, 6.45) is 2.05. The van der Waals surface area contributed by atoms with Crippen LogP contribution in [0.2, 0.25) is 0 Å². The number of nitrogens with one attached hydrogen (secondary N) is 2. The molecule has 0 aliphatic carbocycles. The standard InChI is InChI=1S/C18H24N4O3/c1-13(2)15-7-5-14(6-8-15)12-22-16(9-11-20-22)21-18(25)19-10-3-4-17(23)24/h5-9,11,13H,3-4,10,12H2,1-2H3,(H,23,24)(H2,19,21,25). The monoisotopic (exact) mass is 344 g/mol. The summed E-state index contributed by atoms with van der Waals surface area (Å²) in [5.41, 5.74) is 2.38. The Balaban J connectivity index is 1.89. The van der Waals surface area contributed by atoms with Gasteiger partial charge in [0, 0.05) is 19.0 Å². The highest BCUT2D eigenvalue weighted by molar-refractivity contribution is 5.88. The largest absolute Gasteiger partial charge is 0.481 e. The maximum Gasteiger partial charge on any atom is 0.320 e. The van der Waals surface area contributed by atoms with Gasteiger partial charge in [-0.15, -0.1) is 0 Å². The van der Waals surface area contributed by atoms with Gasteiger partial charge in [0.2, 0.25) is 0 Å². The third-order valence-corrected chi connectivity index (χ3v) is 3.79. The van der Waals surface area contributed by atoms with Gasteiger partial charge in [0.1, 0.15) is 5.82 Å². The average Bonchev–Trinajstić information content (AvgIpc) is 2.99. The number of carboxylic acid groups (broad SMARTS) is 1. The first-order valence-corrected chi connectivity index (χ1v) is 8.33. The SMILES string of the molecule is CC(C)c1ccc(Cn2nccc2NC(=O)NCCCC(=O)O)cc1. The van der Waals surface area contributed by atoms with Gasteiger partial charge in [-0.1, -0.05) is 38.1 Å². The third-order valence-electron chi connectivity index (χ3n) is 3.79. The van der Waals surface area contributed by atoms with E-state index in [0.29, 0.717) is 31.2 Å². The second-order valence-corrected chi connectivity index (χ2v) is 6.15. The van der Waals surface area contributed by atoms with Crippen molar-refractivity contribution >= 4 is 17.8 Å². The molecule has 0 bridgehead atoms. The number of hydrogen-bond donors (Lipinski definition) is 3. The number of anilines is 1. The van der Waals surface area contributed by atoms with Crippen molar-refractivity contribution in [2.24, 2.45) is 0 Å². The Bertz CT molecular complexity index is 707. The Kier molecular flexibility index (Phi) is 6.56. The van der Waals surface area contributed by atoms with Crippen LogP contribution in [-0.2, 0) is 11.3 Å². The number of urea groups is 1. The second-order valence-electron chi connectivity index (χ2n) is 6.15. The van der Waals surface area contributed by atoms with Crippen LogP contribution in [0.25, 0.3) is 0 Å². The van der Waals surface area contributed by atoms with Crippen molar-refractivity contribution in [2.75, 3.05) is 11.9 Å². The summed E-state index contributed by atoms with van der Waals surface area (Å²) in [6.45, 7) is 5.17. The van der Waals surface area contributed by atoms with E-state index in [4.69, 9.17) is 5.11 Å². The minimum Gasteiger partial charge on any atom is -0.481 e. The van der Waals surface area contributed by atoms with Gasteiger partial charge in [-0.3, -0.25) is 10.1 Å². The number of amides is 2. The molecule has 0 aliphatic rings. The number of rotatable bonds is 8. The van der Waals surface area contributed by atoms with E-state index in [1.165, 1.54) is 5.56 Å². The fraction of sp³-hybridized carbons (Fsp3) is 0.389. The summed E-state index contributed by atoms with van der Waals surface area (Å²) in [4.78, 5) is 22.3. The van der Waals surface area contributed by atoms with E-state index in [0.717, 1.165) is 5.56 Å². The highest BCUT2D eigenvalue weighted by atomic mass is 16.4. The number of hydrogen-bond acceptors (Lipinski definition) is 3. The maximum atomic E-state index is 11.9. The lowest BCUT2D eigenvalue weighted by atomic mass is 10.0. The van der Waals surface area contributed by atoms with Crippen molar-refractivity contribution in [1.82, 2.24) is 15.1 Å². The number of carboxylic acids is 1. The van der Waals surface area contributed by atoms with Crippen LogP contribution in [-0.4, -0.2) is 33.4 Å². The Labute approximate surface area is 147 Å². The number of benzene rings is 1. The zero-order chi connectivity index (χ0) is 18.2. The summed E-state index contributed by atoms with van der Waals surface area (Å²) in [6, 6.07) is 9.68. The zero-order valence-corrected chi connectivity index (χ0v) is 14.5. The van der Waals surface area contributed by atoms with Gasteiger partial charge in [0.25, 0.3) is 0 Å². The highest BCUT2D eigenvalue weighted by Gasteiger charge is 2.08. The highest BCUT2D eigenvalue weighted by Crippen LogP contribution is 2.16. The van der Waals surface area contributed by atoms with Gasteiger partial charge in [0.05, 0.1) is 12.7 Å². The molecular weight excluding hydrogens is 320 g/mol. The Morgan fingerprint density at radius 3 is 2.56 bits per heavy atom. The fourth-order valence-electron chi connectivity index (χ4n) is 2.35. The van der Waals surface area contributed by atoms with Gasteiger partial charge in [0.15, 0.2) is 0 Å². The van der Waals surface area contributed by atoms with Gasteiger partial charge < -0.3 is 10.4 Å². The number of carbonyl (C=O) groups excluding carboxylic acids is 1. The predicted octanol–water partition coefficient (Wildman–Crippen LogP) is 3.04. The summed E-state index contributed by atoms with van der Waals surface area (Å²) in [5, 5.41) is 18.2. The van der Waals surface area contributed by atoms with Gasteiger partial charge in [-0.2, -0.15) is 5.10 Å². The lowest BCUT2D eigenvalue weighted by molar-refractivity contribution is -0.137. The van der Waals surface area contributed by atoms with Crippen molar-refractivity contribution in [3.8, 4) is 0 Å². The topological polar surface area (TPSA) is 96.3 Å². The van der Waals surface area contributed by atoms with E-state index in [1.54, 1.807) is 16.9 Å². The lowest BCUT2D eigenvalue weighted by Gasteiger charge is -2.11. The average molecular weight is 344 g/mol. The molecule has 0 spiro atoms. The van der Waals surface area contributed by atoms with Gasteiger partial charge >= 0.3 is 12.0 Å². The van der Waals surface area contributed by atoms with Crippen LogP contribution < -0.4 is 10.6 Å². The smallest absolute Gasteiger partial charge is 0.320 e. The van der Waals surface area contributed by atoms with Crippen LogP contribution >= 0.6 is 0 Å². The molecule has 0 aliphatic heterocycles.